The molecule has 0 atom stereocenters. The summed E-state index contributed by atoms with van der Waals surface area (Å²) in [5.41, 5.74) is 0. The average molecular weight is 164 g/mol. The number of hydrogen-bond acceptors (Lipinski definition) is 2. The Bertz CT molecular complexity index is 251. The SMILES string of the molecule is O=C(c1ncc[nH]1)C(F)(F)F. The van der Waals surface area contributed by atoms with Crippen LogP contribution < -0.4 is 0 Å². The molecule has 6 heteroatoms. The van der Waals surface area contributed by atoms with Crippen LogP contribution in [0.4, 0.5) is 13.2 Å². The average Bonchev–Trinajstić information content (AvgIpc) is 2.34. The van der Waals surface area contributed by atoms with Crippen molar-refractivity contribution in [1.82, 2.24) is 9.97 Å². The van der Waals surface area contributed by atoms with Crippen molar-refractivity contribution in [3.8, 4) is 0 Å². The summed E-state index contributed by atoms with van der Waals surface area (Å²) < 4.78 is 34.8. The molecule has 3 nitrogen and oxygen atoms in total. The smallest absolute Gasteiger partial charge is 0.342 e. The molecule has 0 aliphatic carbocycles. The third-order valence-corrected chi connectivity index (χ3v) is 0.971. The van der Waals surface area contributed by atoms with E-state index in [0.29, 0.717) is 0 Å². The molecule has 0 fully saturated rings. The summed E-state index contributed by atoms with van der Waals surface area (Å²) in [6, 6.07) is 0. The van der Waals surface area contributed by atoms with Crippen LogP contribution in [0.3, 0.4) is 0 Å². The first-order valence-corrected chi connectivity index (χ1v) is 2.62. The third kappa shape index (κ3) is 1.57. The number of Topliss-reactive ketones (excluding diaryl/α,β-unsaturated/α-hetero) is 1. The number of rotatable bonds is 1. The molecule has 0 saturated heterocycles. The summed E-state index contributed by atoms with van der Waals surface area (Å²) in [7, 11) is 0. The first kappa shape index (κ1) is 7.77. The van der Waals surface area contributed by atoms with Gasteiger partial charge in [-0.25, -0.2) is 4.98 Å². The van der Waals surface area contributed by atoms with E-state index in [0.717, 1.165) is 12.4 Å². The molecule has 1 heterocycles. The molecular formula is C5H3F3N2O. The Kier molecular flexibility index (Phi) is 1.67. The zero-order valence-electron chi connectivity index (χ0n) is 5.14. The maximum atomic E-state index is 11.6. The molecule has 0 saturated carbocycles. The van der Waals surface area contributed by atoms with Gasteiger partial charge in [-0.05, 0) is 0 Å². The summed E-state index contributed by atoms with van der Waals surface area (Å²) in [5.74, 6) is -2.64. The van der Waals surface area contributed by atoms with E-state index in [1.54, 1.807) is 0 Å². The van der Waals surface area contributed by atoms with Gasteiger partial charge in [-0.3, -0.25) is 4.79 Å². The maximum absolute atomic E-state index is 11.6. The monoisotopic (exact) mass is 164 g/mol. The second-order valence-electron chi connectivity index (χ2n) is 1.76. The fraction of sp³-hybridized carbons (Fsp3) is 0.200. The molecule has 1 N–H and O–H groups in total. The van der Waals surface area contributed by atoms with Crippen molar-refractivity contribution >= 4 is 5.78 Å². The van der Waals surface area contributed by atoms with Gasteiger partial charge in [0.2, 0.25) is 0 Å². The first-order valence-electron chi connectivity index (χ1n) is 2.62. The van der Waals surface area contributed by atoms with Gasteiger partial charge in [0.15, 0.2) is 5.82 Å². The molecule has 11 heavy (non-hydrogen) atoms. The van der Waals surface area contributed by atoms with Crippen molar-refractivity contribution in [2.24, 2.45) is 0 Å². The fourth-order valence-electron chi connectivity index (χ4n) is 0.524. The molecule has 0 spiro atoms. The lowest BCUT2D eigenvalue weighted by molar-refractivity contribution is -0.0891. The Hall–Kier alpha value is -1.33. The van der Waals surface area contributed by atoms with Gasteiger partial charge in [0.05, 0.1) is 0 Å². The maximum Gasteiger partial charge on any atom is 0.458 e. The number of nitrogens with zero attached hydrogens (tertiary/aromatic N) is 1. The summed E-state index contributed by atoms with van der Waals surface area (Å²) in [5, 5.41) is 0. The summed E-state index contributed by atoms with van der Waals surface area (Å²) in [6.07, 6.45) is -2.62. The molecule has 0 amide bonds. The standard InChI is InChI=1S/C5H3F3N2O/c6-5(7,8)3(11)4-9-1-2-10-4/h1-2H,(H,9,10). The van der Waals surface area contributed by atoms with Gasteiger partial charge < -0.3 is 4.98 Å². The van der Waals surface area contributed by atoms with Crippen LogP contribution in [-0.4, -0.2) is 21.9 Å². The van der Waals surface area contributed by atoms with Gasteiger partial charge in [-0.2, -0.15) is 13.2 Å². The number of aromatic nitrogens is 2. The summed E-state index contributed by atoms with van der Waals surface area (Å²) in [4.78, 5) is 15.5. The minimum atomic E-state index is -4.85. The van der Waals surface area contributed by atoms with Gasteiger partial charge >= 0.3 is 12.0 Å². The topological polar surface area (TPSA) is 45.8 Å². The Morgan fingerprint density at radius 3 is 2.55 bits per heavy atom. The molecule has 0 aliphatic heterocycles. The number of carbonyl (C=O) groups is 1. The normalized spacial score (nSPS) is 11.5. The van der Waals surface area contributed by atoms with Crippen LogP contribution in [0.15, 0.2) is 12.4 Å². The van der Waals surface area contributed by atoms with Crippen molar-refractivity contribution in [1.29, 1.82) is 0 Å². The molecule has 0 aliphatic rings. The van der Waals surface area contributed by atoms with Gasteiger partial charge in [0, 0.05) is 12.4 Å². The van der Waals surface area contributed by atoms with Crippen molar-refractivity contribution < 1.29 is 18.0 Å². The Labute approximate surface area is 59.2 Å². The molecule has 0 radical (unpaired) electrons. The highest BCUT2D eigenvalue weighted by Crippen LogP contribution is 2.18. The second-order valence-corrected chi connectivity index (χ2v) is 1.76. The van der Waals surface area contributed by atoms with E-state index in [9.17, 15) is 18.0 Å². The number of aromatic amines is 1. The van der Waals surface area contributed by atoms with Crippen LogP contribution in [0.5, 0.6) is 0 Å². The molecule has 0 aromatic carbocycles. The third-order valence-electron chi connectivity index (χ3n) is 0.971. The Morgan fingerprint density at radius 1 is 1.55 bits per heavy atom. The highest BCUT2D eigenvalue weighted by Gasteiger charge is 2.40. The van der Waals surface area contributed by atoms with Crippen LogP contribution >= 0.6 is 0 Å². The largest absolute Gasteiger partial charge is 0.458 e. The van der Waals surface area contributed by atoms with E-state index >= 15 is 0 Å². The molecule has 1 aromatic rings. The lowest BCUT2D eigenvalue weighted by Crippen LogP contribution is -2.23. The van der Waals surface area contributed by atoms with Crippen molar-refractivity contribution in [3.05, 3.63) is 18.2 Å². The zero-order chi connectivity index (χ0) is 8.48. The fourth-order valence-corrected chi connectivity index (χ4v) is 0.524. The zero-order valence-corrected chi connectivity index (χ0v) is 5.14. The van der Waals surface area contributed by atoms with Crippen LogP contribution in [-0.2, 0) is 0 Å². The number of alkyl halides is 3. The predicted octanol–water partition coefficient (Wildman–Crippen LogP) is 1.15. The van der Waals surface area contributed by atoms with Crippen molar-refractivity contribution in [2.45, 2.75) is 6.18 Å². The number of imidazole rings is 1. The van der Waals surface area contributed by atoms with Crippen LogP contribution in [0.2, 0.25) is 0 Å². The van der Waals surface area contributed by atoms with E-state index in [-0.39, 0.29) is 0 Å². The van der Waals surface area contributed by atoms with Gasteiger partial charge in [-0.1, -0.05) is 0 Å². The first-order chi connectivity index (χ1) is 5.02. The lowest BCUT2D eigenvalue weighted by atomic mass is 10.4. The van der Waals surface area contributed by atoms with Crippen LogP contribution in [0, 0.1) is 0 Å². The Morgan fingerprint density at radius 2 is 2.18 bits per heavy atom. The molecule has 0 bridgehead atoms. The van der Waals surface area contributed by atoms with Crippen molar-refractivity contribution in [2.75, 3.05) is 0 Å². The molecule has 1 rings (SSSR count). The van der Waals surface area contributed by atoms with E-state index in [1.807, 2.05) is 0 Å². The number of halogens is 3. The van der Waals surface area contributed by atoms with Crippen LogP contribution in [0.1, 0.15) is 10.6 Å². The highest BCUT2D eigenvalue weighted by atomic mass is 19.4. The van der Waals surface area contributed by atoms with Gasteiger partial charge in [-0.15, -0.1) is 0 Å². The molecule has 0 unspecified atom stereocenters. The highest BCUT2D eigenvalue weighted by molar-refractivity contribution is 5.96. The number of hydrogen-bond donors (Lipinski definition) is 1. The molecular weight excluding hydrogens is 161 g/mol. The molecule has 60 valence electrons. The van der Waals surface area contributed by atoms with E-state index < -0.39 is 17.8 Å². The number of ketones is 1. The minimum absolute atomic E-state index is 0.683. The number of nitrogens with one attached hydrogen (secondary N) is 1. The molecule has 1 aromatic heterocycles. The van der Waals surface area contributed by atoms with Crippen LogP contribution in [0.25, 0.3) is 0 Å². The quantitative estimate of drug-likeness (QED) is 0.633. The predicted molar refractivity (Wildman–Crippen MR) is 29.0 cm³/mol. The minimum Gasteiger partial charge on any atom is -0.342 e. The Balaban J connectivity index is 2.88. The number of carbonyl (C=O) groups excluding carboxylic acids is 1. The summed E-state index contributed by atoms with van der Waals surface area (Å²) in [6.45, 7) is 0. The van der Waals surface area contributed by atoms with E-state index in [1.165, 1.54) is 0 Å². The second kappa shape index (κ2) is 2.37. The summed E-state index contributed by atoms with van der Waals surface area (Å²) >= 11 is 0. The lowest BCUT2D eigenvalue weighted by Gasteiger charge is -2.00. The number of H-pyrrole nitrogens is 1. The van der Waals surface area contributed by atoms with E-state index in [4.69, 9.17) is 0 Å². The van der Waals surface area contributed by atoms with E-state index in [2.05, 4.69) is 9.97 Å². The van der Waals surface area contributed by atoms with Crippen molar-refractivity contribution in [3.63, 3.8) is 0 Å². The van der Waals surface area contributed by atoms with Gasteiger partial charge in [0.25, 0.3) is 0 Å². The van der Waals surface area contributed by atoms with Gasteiger partial charge in [0.1, 0.15) is 0 Å².